The second-order valence-electron chi connectivity index (χ2n) is 6.61. The molecule has 0 saturated heterocycles. The highest BCUT2D eigenvalue weighted by Gasteiger charge is 2.29. The van der Waals surface area contributed by atoms with Crippen molar-refractivity contribution in [3.05, 3.63) is 41.7 Å². The lowest BCUT2D eigenvalue weighted by Gasteiger charge is -2.33. The van der Waals surface area contributed by atoms with E-state index in [0.29, 0.717) is 5.89 Å². The first kappa shape index (κ1) is 17.5. The summed E-state index contributed by atoms with van der Waals surface area (Å²) in [5.74, 6) is 3.93. The fourth-order valence-corrected chi connectivity index (χ4v) is 3.50. The molecule has 0 aliphatic carbocycles. The molecule has 1 aliphatic heterocycles. The molecule has 1 aromatic carbocycles. The van der Waals surface area contributed by atoms with Gasteiger partial charge in [0.15, 0.2) is 17.5 Å². The predicted octanol–water partition coefficient (Wildman–Crippen LogP) is 2.84. The Hall–Kier alpha value is -2.87. The van der Waals surface area contributed by atoms with Crippen molar-refractivity contribution < 1.29 is 13.9 Å². The molecule has 0 unspecified atom stereocenters. The quantitative estimate of drug-likeness (QED) is 0.684. The van der Waals surface area contributed by atoms with Crippen LogP contribution in [-0.2, 0) is 13.1 Å². The molecule has 1 aliphatic rings. The van der Waals surface area contributed by atoms with Crippen LogP contribution in [0.25, 0.3) is 11.5 Å². The van der Waals surface area contributed by atoms with Gasteiger partial charge in [-0.05, 0) is 13.0 Å². The van der Waals surface area contributed by atoms with Crippen molar-refractivity contribution in [2.75, 3.05) is 20.8 Å². The number of nitrogens with zero attached hydrogens (tertiary/aromatic N) is 5. The van der Waals surface area contributed by atoms with E-state index in [-0.39, 0.29) is 6.04 Å². The molecule has 27 heavy (non-hydrogen) atoms. The van der Waals surface area contributed by atoms with Gasteiger partial charge >= 0.3 is 0 Å². The molecule has 0 spiro atoms. The number of hydrogen-bond acceptors (Lipinski definition) is 7. The SMILES string of the molecule is COc1ccc(CN2CCn3c(-c4coc(C)n4)nnc3[C@H]2C)c(OC)c1. The third kappa shape index (κ3) is 3.16. The fourth-order valence-electron chi connectivity index (χ4n) is 3.50. The van der Waals surface area contributed by atoms with Gasteiger partial charge in [0.1, 0.15) is 23.5 Å². The molecular weight excluding hydrogens is 346 g/mol. The molecular formula is C19H23N5O3. The predicted molar refractivity (Wildman–Crippen MR) is 98.6 cm³/mol. The van der Waals surface area contributed by atoms with Gasteiger partial charge < -0.3 is 18.5 Å². The van der Waals surface area contributed by atoms with Crippen molar-refractivity contribution in [2.45, 2.75) is 33.0 Å². The zero-order valence-corrected chi connectivity index (χ0v) is 16.0. The number of aryl methyl sites for hydroxylation is 1. The molecule has 3 heterocycles. The lowest BCUT2D eigenvalue weighted by Crippen LogP contribution is -2.36. The first-order chi connectivity index (χ1) is 13.1. The number of aromatic nitrogens is 4. The Bertz CT molecular complexity index is 949. The molecule has 0 bridgehead atoms. The van der Waals surface area contributed by atoms with Crippen molar-refractivity contribution in [1.29, 1.82) is 0 Å². The highest BCUT2D eigenvalue weighted by Crippen LogP contribution is 2.32. The number of ether oxygens (including phenoxy) is 2. The van der Waals surface area contributed by atoms with Crippen LogP contribution in [0.1, 0.15) is 30.2 Å². The third-order valence-corrected chi connectivity index (χ3v) is 5.03. The van der Waals surface area contributed by atoms with Crippen molar-refractivity contribution in [2.24, 2.45) is 0 Å². The zero-order chi connectivity index (χ0) is 19.0. The fraction of sp³-hybridized carbons (Fsp3) is 0.421. The summed E-state index contributed by atoms with van der Waals surface area (Å²) in [6.07, 6.45) is 1.63. The third-order valence-electron chi connectivity index (χ3n) is 5.03. The van der Waals surface area contributed by atoms with Crippen LogP contribution in [0.4, 0.5) is 0 Å². The van der Waals surface area contributed by atoms with Gasteiger partial charge in [-0.2, -0.15) is 0 Å². The molecule has 4 rings (SSSR count). The maximum Gasteiger partial charge on any atom is 0.191 e. The van der Waals surface area contributed by atoms with E-state index in [4.69, 9.17) is 13.9 Å². The van der Waals surface area contributed by atoms with Gasteiger partial charge in [0, 0.05) is 38.2 Å². The van der Waals surface area contributed by atoms with Crippen molar-refractivity contribution in [1.82, 2.24) is 24.6 Å². The second kappa shape index (κ2) is 7.03. The summed E-state index contributed by atoms with van der Waals surface area (Å²) < 4.78 is 18.3. The average Bonchev–Trinajstić information content (AvgIpc) is 3.30. The Morgan fingerprint density at radius 1 is 1.19 bits per heavy atom. The van der Waals surface area contributed by atoms with Crippen LogP contribution >= 0.6 is 0 Å². The monoisotopic (exact) mass is 369 g/mol. The number of benzene rings is 1. The van der Waals surface area contributed by atoms with Gasteiger partial charge in [0.2, 0.25) is 0 Å². The minimum atomic E-state index is 0.125. The Kier molecular flexibility index (Phi) is 4.57. The minimum Gasteiger partial charge on any atom is -0.497 e. The smallest absolute Gasteiger partial charge is 0.191 e. The van der Waals surface area contributed by atoms with E-state index in [9.17, 15) is 0 Å². The molecule has 1 atom stereocenters. The summed E-state index contributed by atoms with van der Waals surface area (Å²) in [4.78, 5) is 6.75. The lowest BCUT2D eigenvalue weighted by molar-refractivity contribution is 0.155. The summed E-state index contributed by atoms with van der Waals surface area (Å²) in [6.45, 7) is 6.41. The molecule has 2 aromatic heterocycles. The molecule has 0 amide bonds. The number of fused-ring (bicyclic) bond motifs is 1. The van der Waals surface area contributed by atoms with Gasteiger partial charge in [-0.15, -0.1) is 10.2 Å². The molecule has 3 aromatic rings. The lowest BCUT2D eigenvalue weighted by atomic mass is 10.1. The Morgan fingerprint density at radius 2 is 2.04 bits per heavy atom. The molecule has 0 radical (unpaired) electrons. The topological polar surface area (TPSA) is 78.4 Å². The molecule has 8 heteroatoms. The highest BCUT2D eigenvalue weighted by atomic mass is 16.5. The second-order valence-corrected chi connectivity index (χ2v) is 6.61. The Labute approximate surface area is 157 Å². The normalized spacial score (nSPS) is 17.0. The Morgan fingerprint density at radius 3 is 2.74 bits per heavy atom. The summed E-state index contributed by atoms with van der Waals surface area (Å²) in [6, 6.07) is 6.05. The van der Waals surface area contributed by atoms with Crippen molar-refractivity contribution >= 4 is 0 Å². The maximum absolute atomic E-state index is 5.54. The van der Waals surface area contributed by atoms with Gasteiger partial charge in [-0.3, -0.25) is 4.90 Å². The van der Waals surface area contributed by atoms with Crippen molar-refractivity contribution in [3.63, 3.8) is 0 Å². The van der Waals surface area contributed by atoms with Crippen LogP contribution < -0.4 is 9.47 Å². The first-order valence-electron chi connectivity index (χ1n) is 8.91. The molecule has 0 fully saturated rings. The van der Waals surface area contributed by atoms with E-state index < -0.39 is 0 Å². The van der Waals surface area contributed by atoms with Crippen LogP contribution in [0.5, 0.6) is 11.5 Å². The standard InChI is InChI=1S/C19H23N5O3/c1-12-18-21-22-19(16-11-27-13(2)20-16)24(18)8-7-23(12)10-14-5-6-15(25-3)9-17(14)26-4/h5-6,9,11-12H,7-8,10H2,1-4H3/t12-/m1/s1. The van der Waals surface area contributed by atoms with Crippen LogP contribution in [-0.4, -0.2) is 45.4 Å². The average molecular weight is 369 g/mol. The minimum absolute atomic E-state index is 0.125. The zero-order valence-electron chi connectivity index (χ0n) is 16.0. The highest BCUT2D eigenvalue weighted by molar-refractivity contribution is 5.48. The van der Waals surface area contributed by atoms with E-state index >= 15 is 0 Å². The van der Waals surface area contributed by atoms with Crippen LogP contribution in [0, 0.1) is 6.92 Å². The Balaban J connectivity index is 1.58. The van der Waals surface area contributed by atoms with Crippen LogP contribution in [0.2, 0.25) is 0 Å². The number of hydrogen-bond donors (Lipinski definition) is 0. The molecule has 0 N–H and O–H groups in total. The first-order valence-corrected chi connectivity index (χ1v) is 8.91. The van der Waals surface area contributed by atoms with Gasteiger partial charge in [-0.25, -0.2) is 4.98 Å². The number of rotatable bonds is 5. The van der Waals surface area contributed by atoms with E-state index in [1.807, 2.05) is 25.1 Å². The van der Waals surface area contributed by atoms with Gasteiger partial charge in [0.05, 0.1) is 20.3 Å². The van der Waals surface area contributed by atoms with Gasteiger partial charge in [0.25, 0.3) is 0 Å². The summed E-state index contributed by atoms with van der Waals surface area (Å²) in [5, 5.41) is 8.78. The van der Waals surface area contributed by atoms with E-state index in [0.717, 1.165) is 54.0 Å². The summed E-state index contributed by atoms with van der Waals surface area (Å²) in [7, 11) is 3.34. The van der Waals surface area contributed by atoms with Gasteiger partial charge in [-0.1, -0.05) is 6.07 Å². The van der Waals surface area contributed by atoms with E-state index in [1.165, 1.54) is 0 Å². The molecule has 0 saturated carbocycles. The molecule has 142 valence electrons. The maximum atomic E-state index is 5.54. The van der Waals surface area contributed by atoms with E-state index in [1.54, 1.807) is 20.5 Å². The van der Waals surface area contributed by atoms with Crippen molar-refractivity contribution in [3.8, 4) is 23.0 Å². The largest absolute Gasteiger partial charge is 0.497 e. The number of oxazole rings is 1. The molecule has 8 nitrogen and oxygen atoms in total. The van der Waals surface area contributed by atoms with Crippen LogP contribution in [0.3, 0.4) is 0 Å². The summed E-state index contributed by atoms with van der Waals surface area (Å²) in [5.41, 5.74) is 1.84. The number of methoxy groups -OCH3 is 2. The van der Waals surface area contributed by atoms with E-state index in [2.05, 4.69) is 31.6 Å². The summed E-state index contributed by atoms with van der Waals surface area (Å²) >= 11 is 0. The van der Waals surface area contributed by atoms with Crippen LogP contribution in [0.15, 0.2) is 28.9 Å².